The zero-order valence-electron chi connectivity index (χ0n) is 12.0. The van der Waals surface area contributed by atoms with Crippen LogP contribution < -0.4 is 11.3 Å². The average molecular weight is 269 g/mol. The summed E-state index contributed by atoms with van der Waals surface area (Å²) in [6, 6.07) is 13.0. The summed E-state index contributed by atoms with van der Waals surface area (Å²) in [5.41, 5.74) is 6.80. The van der Waals surface area contributed by atoms with Gasteiger partial charge in [-0.2, -0.15) is 0 Å². The standard InChI is InChI=1S/C17H23N3/c1-2-4-14-6-9-16(10-7-14)17(20-18)11-8-15-5-3-12-19-13-15/h3,5-7,9-10,12-13,17,20H,2,4,8,11,18H2,1H3. The summed E-state index contributed by atoms with van der Waals surface area (Å²) in [7, 11) is 0. The molecule has 0 aliphatic carbocycles. The average Bonchev–Trinajstić information content (AvgIpc) is 2.51. The molecule has 0 radical (unpaired) electrons. The van der Waals surface area contributed by atoms with Gasteiger partial charge in [-0.15, -0.1) is 0 Å². The number of rotatable bonds is 7. The molecule has 0 spiro atoms. The lowest BCUT2D eigenvalue weighted by Gasteiger charge is -2.16. The second-order valence-corrected chi connectivity index (χ2v) is 5.11. The van der Waals surface area contributed by atoms with Crippen LogP contribution in [0.2, 0.25) is 0 Å². The summed E-state index contributed by atoms with van der Waals surface area (Å²) in [4.78, 5) is 4.14. The molecule has 3 heteroatoms. The van der Waals surface area contributed by atoms with Gasteiger partial charge >= 0.3 is 0 Å². The smallest absolute Gasteiger partial charge is 0.0463 e. The first-order chi connectivity index (χ1) is 9.83. The van der Waals surface area contributed by atoms with Crippen molar-refractivity contribution in [1.29, 1.82) is 0 Å². The molecule has 20 heavy (non-hydrogen) atoms. The number of hydrazine groups is 1. The van der Waals surface area contributed by atoms with Gasteiger partial charge in [-0.3, -0.25) is 16.3 Å². The Balaban J connectivity index is 1.97. The Morgan fingerprint density at radius 2 is 1.90 bits per heavy atom. The van der Waals surface area contributed by atoms with Crippen molar-refractivity contribution < 1.29 is 0 Å². The first-order valence-corrected chi connectivity index (χ1v) is 7.27. The minimum atomic E-state index is 0.186. The third-order valence-electron chi connectivity index (χ3n) is 3.57. The van der Waals surface area contributed by atoms with Gasteiger partial charge in [0.2, 0.25) is 0 Å². The number of nitrogens with one attached hydrogen (secondary N) is 1. The normalized spacial score (nSPS) is 12.3. The zero-order valence-corrected chi connectivity index (χ0v) is 12.0. The van der Waals surface area contributed by atoms with Crippen molar-refractivity contribution in [2.24, 2.45) is 5.84 Å². The number of nitrogens with zero attached hydrogens (tertiary/aromatic N) is 1. The van der Waals surface area contributed by atoms with Crippen molar-refractivity contribution in [1.82, 2.24) is 10.4 Å². The summed E-state index contributed by atoms with van der Waals surface area (Å²) in [5.74, 6) is 5.70. The molecule has 1 heterocycles. The van der Waals surface area contributed by atoms with Crippen molar-refractivity contribution in [3.8, 4) is 0 Å². The Hall–Kier alpha value is -1.71. The topological polar surface area (TPSA) is 50.9 Å². The van der Waals surface area contributed by atoms with Crippen molar-refractivity contribution >= 4 is 0 Å². The second-order valence-electron chi connectivity index (χ2n) is 5.11. The maximum Gasteiger partial charge on any atom is 0.0463 e. The lowest BCUT2D eigenvalue weighted by molar-refractivity contribution is 0.516. The molecular formula is C17H23N3. The van der Waals surface area contributed by atoms with Gasteiger partial charge in [0.05, 0.1) is 0 Å². The fraction of sp³-hybridized carbons (Fsp3) is 0.353. The van der Waals surface area contributed by atoms with E-state index in [1.165, 1.54) is 23.1 Å². The SMILES string of the molecule is CCCc1ccc(C(CCc2cccnc2)NN)cc1. The van der Waals surface area contributed by atoms with Gasteiger partial charge in [-0.1, -0.05) is 43.7 Å². The lowest BCUT2D eigenvalue weighted by Crippen LogP contribution is -2.28. The minimum absolute atomic E-state index is 0.186. The summed E-state index contributed by atoms with van der Waals surface area (Å²) >= 11 is 0. The van der Waals surface area contributed by atoms with Gasteiger partial charge in [-0.25, -0.2) is 0 Å². The lowest BCUT2D eigenvalue weighted by atomic mass is 9.98. The Bertz CT molecular complexity index is 493. The van der Waals surface area contributed by atoms with Gasteiger partial charge in [-0.05, 0) is 42.0 Å². The van der Waals surface area contributed by atoms with Crippen LogP contribution in [-0.4, -0.2) is 4.98 Å². The molecule has 1 aromatic heterocycles. The number of nitrogens with two attached hydrogens (primary N) is 1. The molecule has 1 aromatic carbocycles. The van der Waals surface area contributed by atoms with E-state index in [2.05, 4.69) is 47.7 Å². The monoisotopic (exact) mass is 269 g/mol. The predicted molar refractivity (Wildman–Crippen MR) is 83.1 cm³/mol. The molecule has 106 valence electrons. The maximum atomic E-state index is 5.70. The van der Waals surface area contributed by atoms with Crippen molar-refractivity contribution in [3.05, 3.63) is 65.5 Å². The molecule has 3 nitrogen and oxygen atoms in total. The summed E-state index contributed by atoms with van der Waals surface area (Å²) in [6.07, 6.45) is 7.97. The molecule has 3 N–H and O–H groups in total. The van der Waals surface area contributed by atoms with Gasteiger partial charge in [0, 0.05) is 18.4 Å². The highest BCUT2D eigenvalue weighted by molar-refractivity contribution is 5.25. The molecule has 0 aliphatic rings. The van der Waals surface area contributed by atoms with E-state index in [9.17, 15) is 0 Å². The Morgan fingerprint density at radius 3 is 2.50 bits per heavy atom. The molecule has 1 unspecified atom stereocenters. The molecule has 2 aromatic rings. The molecular weight excluding hydrogens is 246 g/mol. The van der Waals surface area contributed by atoms with Crippen LogP contribution >= 0.6 is 0 Å². The largest absolute Gasteiger partial charge is 0.271 e. The number of aromatic nitrogens is 1. The number of pyridine rings is 1. The number of aryl methyl sites for hydroxylation is 2. The van der Waals surface area contributed by atoms with Gasteiger partial charge in [0.25, 0.3) is 0 Å². The quantitative estimate of drug-likeness (QED) is 0.599. The van der Waals surface area contributed by atoms with Crippen LogP contribution in [0.15, 0.2) is 48.8 Å². The molecule has 0 bridgehead atoms. The third kappa shape index (κ3) is 4.15. The number of hydrogen-bond donors (Lipinski definition) is 2. The van der Waals surface area contributed by atoms with Crippen LogP contribution in [0.4, 0.5) is 0 Å². The van der Waals surface area contributed by atoms with Crippen molar-refractivity contribution in [2.45, 2.75) is 38.6 Å². The second kappa shape index (κ2) is 7.78. The van der Waals surface area contributed by atoms with Gasteiger partial charge < -0.3 is 0 Å². The zero-order chi connectivity index (χ0) is 14.2. The van der Waals surface area contributed by atoms with Crippen LogP contribution in [0.5, 0.6) is 0 Å². The van der Waals surface area contributed by atoms with Crippen LogP contribution in [0.25, 0.3) is 0 Å². The van der Waals surface area contributed by atoms with Crippen LogP contribution in [-0.2, 0) is 12.8 Å². The van der Waals surface area contributed by atoms with E-state index in [1.54, 1.807) is 6.20 Å². The van der Waals surface area contributed by atoms with E-state index in [1.807, 2.05) is 12.3 Å². The first-order valence-electron chi connectivity index (χ1n) is 7.27. The molecule has 2 rings (SSSR count). The number of benzene rings is 1. The van der Waals surface area contributed by atoms with Crippen LogP contribution in [0.1, 0.15) is 42.5 Å². The summed E-state index contributed by atoms with van der Waals surface area (Å²) in [5, 5.41) is 0. The van der Waals surface area contributed by atoms with Crippen molar-refractivity contribution in [3.63, 3.8) is 0 Å². The highest BCUT2D eigenvalue weighted by Gasteiger charge is 2.09. The maximum absolute atomic E-state index is 5.70. The van der Waals surface area contributed by atoms with E-state index in [4.69, 9.17) is 5.84 Å². The van der Waals surface area contributed by atoms with E-state index < -0.39 is 0 Å². The summed E-state index contributed by atoms with van der Waals surface area (Å²) in [6.45, 7) is 2.20. The van der Waals surface area contributed by atoms with E-state index >= 15 is 0 Å². The molecule has 1 atom stereocenters. The highest BCUT2D eigenvalue weighted by Crippen LogP contribution is 2.19. The van der Waals surface area contributed by atoms with E-state index in [-0.39, 0.29) is 6.04 Å². The highest BCUT2D eigenvalue weighted by atomic mass is 15.2. The summed E-state index contributed by atoms with van der Waals surface area (Å²) < 4.78 is 0. The molecule has 0 fully saturated rings. The fourth-order valence-electron chi connectivity index (χ4n) is 2.41. The third-order valence-corrected chi connectivity index (χ3v) is 3.57. The molecule has 0 amide bonds. The van der Waals surface area contributed by atoms with E-state index in [0.717, 1.165) is 19.3 Å². The predicted octanol–water partition coefficient (Wildman–Crippen LogP) is 3.17. The Kier molecular flexibility index (Phi) is 5.71. The molecule has 0 saturated heterocycles. The van der Waals surface area contributed by atoms with E-state index in [0.29, 0.717) is 0 Å². The first kappa shape index (κ1) is 14.7. The fourth-order valence-corrected chi connectivity index (χ4v) is 2.41. The van der Waals surface area contributed by atoms with Gasteiger partial charge in [0.15, 0.2) is 0 Å². The van der Waals surface area contributed by atoms with Gasteiger partial charge in [0.1, 0.15) is 0 Å². The van der Waals surface area contributed by atoms with Crippen LogP contribution in [0, 0.1) is 0 Å². The molecule has 0 saturated carbocycles. The van der Waals surface area contributed by atoms with Crippen molar-refractivity contribution in [2.75, 3.05) is 0 Å². The Morgan fingerprint density at radius 1 is 1.10 bits per heavy atom. The Labute approximate surface area is 121 Å². The van der Waals surface area contributed by atoms with Crippen LogP contribution in [0.3, 0.4) is 0 Å². The minimum Gasteiger partial charge on any atom is -0.271 e. The number of hydrogen-bond acceptors (Lipinski definition) is 3. The molecule has 0 aliphatic heterocycles.